The molecule has 5 atom stereocenters. The fraction of sp³-hybridized carbons (Fsp3) is 0.514. The maximum absolute atomic E-state index is 14.4. The molecule has 2 aliphatic heterocycles. The number of nitrogens with zero attached hydrogens (tertiary/aromatic N) is 4. The third-order valence-electron chi connectivity index (χ3n) is 9.52. The number of aromatic nitrogens is 3. The molecule has 272 valence electrons. The third-order valence-corrected chi connectivity index (χ3v) is 9.52. The number of aryl methyl sites for hydroxylation is 1. The van der Waals surface area contributed by atoms with Gasteiger partial charge in [0, 0.05) is 36.1 Å². The molecule has 1 aromatic carbocycles. The summed E-state index contributed by atoms with van der Waals surface area (Å²) in [6, 6.07) is 5.14. The Hall–Kier alpha value is -5.14. The Morgan fingerprint density at radius 3 is 2.65 bits per heavy atom. The van der Waals surface area contributed by atoms with Crippen molar-refractivity contribution in [1.29, 1.82) is 0 Å². The molecule has 3 aromatic rings. The highest BCUT2D eigenvalue weighted by Gasteiger charge is 2.61. The van der Waals surface area contributed by atoms with Gasteiger partial charge in [0.05, 0.1) is 25.4 Å². The van der Waals surface area contributed by atoms with Crippen molar-refractivity contribution in [3.05, 3.63) is 54.4 Å². The first kappa shape index (κ1) is 35.7. The molecule has 0 bridgehead atoms. The summed E-state index contributed by atoms with van der Waals surface area (Å²) in [7, 11) is 1.57. The van der Waals surface area contributed by atoms with Crippen molar-refractivity contribution in [2.75, 3.05) is 13.7 Å². The van der Waals surface area contributed by atoms with Crippen LogP contribution in [0.2, 0.25) is 0 Å². The average Bonchev–Trinajstić information content (AvgIpc) is 3.34. The number of hydrogen-bond acceptors (Lipinski definition) is 9. The summed E-state index contributed by atoms with van der Waals surface area (Å²) in [6.45, 7) is 7.15. The van der Waals surface area contributed by atoms with Gasteiger partial charge in [-0.15, -0.1) is 0 Å². The predicted molar refractivity (Wildman–Crippen MR) is 187 cm³/mol. The molecule has 14 nitrogen and oxygen atoms in total. The molecule has 1 unspecified atom stereocenters. The van der Waals surface area contributed by atoms with Gasteiger partial charge in [-0.25, -0.2) is 19.3 Å². The van der Waals surface area contributed by atoms with E-state index in [-0.39, 0.29) is 25.3 Å². The van der Waals surface area contributed by atoms with Crippen molar-refractivity contribution >= 4 is 34.8 Å². The molecule has 1 saturated heterocycles. The Balaban J connectivity index is 1.34. The van der Waals surface area contributed by atoms with E-state index in [0.29, 0.717) is 41.1 Å². The zero-order valence-electron chi connectivity index (χ0n) is 29.7. The summed E-state index contributed by atoms with van der Waals surface area (Å²) < 4.78 is 19.2. The van der Waals surface area contributed by atoms with Crippen LogP contribution in [-0.2, 0) is 19.1 Å². The van der Waals surface area contributed by atoms with Gasteiger partial charge >= 0.3 is 12.1 Å². The third kappa shape index (κ3) is 7.94. The van der Waals surface area contributed by atoms with E-state index in [1.165, 1.54) is 4.90 Å². The predicted octanol–water partition coefficient (Wildman–Crippen LogP) is 4.46. The van der Waals surface area contributed by atoms with Crippen LogP contribution in [0.1, 0.15) is 71.3 Å². The number of carbonyl (C=O) groups excluding carboxylic acids is 3. The second kappa shape index (κ2) is 14.2. The number of carboxylic acid groups (broad SMARTS) is 1. The Labute approximate surface area is 296 Å². The van der Waals surface area contributed by atoms with Gasteiger partial charge in [0.1, 0.15) is 40.8 Å². The number of rotatable bonds is 6. The molecule has 6 rings (SSSR count). The summed E-state index contributed by atoms with van der Waals surface area (Å²) in [5.41, 5.74) is -0.704. The molecule has 3 aliphatic rings. The molecule has 2 fully saturated rings. The van der Waals surface area contributed by atoms with Gasteiger partial charge in [-0.1, -0.05) is 25.0 Å². The Morgan fingerprint density at radius 2 is 1.94 bits per heavy atom. The number of carboxylic acids is 1. The highest BCUT2D eigenvalue weighted by molar-refractivity contribution is 5.96. The smallest absolute Gasteiger partial charge is 0.408 e. The van der Waals surface area contributed by atoms with Crippen LogP contribution in [0.15, 0.2) is 48.8 Å². The molecule has 1 saturated carbocycles. The standard InChI is InChI=1S/C37H46N6O8/c1-22-19-38-43(20-22)31-17-30(26-14-13-24(49-5)15-28(26)39-31)50-25-16-29-32(44)41-37(34(46)47)18-23(37)11-9-7-6-8-10-12-27(33(45)42(29)21-25)40-35(48)51-36(2,3)4/h9,11,13-15,17,19-20,23,25,27,29H,6-8,10,12,16,18,21H2,1-5H3,(H,40,48)(H,41,44)(H,46,47)/t23?,25-,27+,29+,37-/m1/s1. The molecule has 14 heteroatoms. The van der Waals surface area contributed by atoms with E-state index in [0.717, 1.165) is 24.8 Å². The first-order valence-corrected chi connectivity index (χ1v) is 17.5. The lowest BCUT2D eigenvalue weighted by Gasteiger charge is -2.30. The van der Waals surface area contributed by atoms with Gasteiger partial charge in [-0.2, -0.15) is 5.10 Å². The van der Waals surface area contributed by atoms with Crippen molar-refractivity contribution in [3.63, 3.8) is 0 Å². The first-order chi connectivity index (χ1) is 24.3. The van der Waals surface area contributed by atoms with E-state index >= 15 is 0 Å². The summed E-state index contributed by atoms with van der Waals surface area (Å²) in [6.07, 6.45) is 9.68. The number of hydrogen-bond donors (Lipinski definition) is 3. The summed E-state index contributed by atoms with van der Waals surface area (Å²) in [5.74, 6) is -0.962. The number of allylic oxidation sites excluding steroid dienone is 1. The van der Waals surface area contributed by atoms with Gasteiger partial charge in [0.15, 0.2) is 5.82 Å². The van der Waals surface area contributed by atoms with Crippen LogP contribution in [0.25, 0.3) is 16.7 Å². The van der Waals surface area contributed by atoms with Crippen LogP contribution >= 0.6 is 0 Å². The number of ether oxygens (including phenoxy) is 3. The van der Waals surface area contributed by atoms with E-state index in [4.69, 9.17) is 19.2 Å². The molecule has 3 amide bonds. The highest BCUT2D eigenvalue weighted by Crippen LogP contribution is 2.45. The normalized spacial score (nSPS) is 25.5. The number of aliphatic carboxylic acids is 1. The highest BCUT2D eigenvalue weighted by atomic mass is 16.6. The molecular formula is C37H46N6O8. The summed E-state index contributed by atoms with van der Waals surface area (Å²) in [4.78, 5) is 60.1. The van der Waals surface area contributed by atoms with Crippen LogP contribution in [-0.4, -0.2) is 91.6 Å². The van der Waals surface area contributed by atoms with Crippen molar-refractivity contribution in [2.24, 2.45) is 5.92 Å². The molecule has 0 radical (unpaired) electrons. The lowest BCUT2D eigenvalue weighted by atomic mass is 10.0. The van der Waals surface area contributed by atoms with Crippen molar-refractivity contribution in [2.45, 2.75) is 102 Å². The molecule has 3 N–H and O–H groups in total. The van der Waals surface area contributed by atoms with Crippen LogP contribution in [0.4, 0.5) is 4.79 Å². The number of carbonyl (C=O) groups is 4. The zero-order chi connectivity index (χ0) is 36.5. The number of fused-ring (bicyclic) bond motifs is 3. The van der Waals surface area contributed by atoms with Crippen molar-refractivity contribution in [1.82, 2.24) is 30.3 Å². The Kier molecular flexibility index (Phi) is 9.96. The zero-order valence-corrected chi connectivity index (χ0v) is 29.7. The maximum atomic E-state index is 14.4. The lowest BCUT2D eigenvalue weighted by molar-refractivity contribution is -0.145. The molecule has 1 aliphatic carbocycles. The average molecular weight is 703 g/mol. The topological polar surface area (TPSA) is 174 Å². The summed E-state index contributed by atoms with van der Waals surface area (Å²) >= 11 is 0. The van der Waals surface area contributed by atoms with Gasteiger partial charge in [0.25, 0.3) is 0 Å². The fourth-order valence-electron chi connectivity index (χ4n) is 6.82. The first-order valence-electron chi connectivity index (χ1n) is 17.5. The number of amides is 3. The number of nitrogens with one attached hydrogen (secondary N) is 2. The lowest BCUT2D eigenvalue weighted by Crippen LogP contribution is -2.56. The molecule has 2 aromatic heterocycles. The van der Waals surface area contributed by atoms with E-state index in [2.05, 4.69) is 15.7 Å². The molecule has 51 heavy (non-hydrogen) atoms. The van der Waals surface area contributed by atoms with E-state index in [1.807, 2.05) is 31.3 Å². The SMILES string of the molecule is COc1ccc2c(O[C@@H]3C[C@H]4C(=O)N[C@]5(C(=O)O)CC5C=CCCCCC[C@H](NC(=O)OC(C)(C)C)C(=O)N4C3)cc(-n3cc(C)cn3)nc2c1. The second-order valence-corrected chi connectivity index (χ2v) is 14.6. The number of alkyl carbamates (subject to hydrolysis) is 1. The quantitative estimate of drug-likeness (QED) is 0.311. The summed E-state index contributed by atoms with van der Waals surface area (Å²) in [5, 5.41) is 20.8. The Morgan fingerprint density at radius 1 is 1.14 bits per heavy atom. The van der Waals surface area contributed by atoms with E-state index < -0.39 is 53.2 Å². The van der Waals surface area contributed by atoms with Crippen LogP contribution in [0, 0.1) is 12.8 Å². The minimum atomic E-state index is -1.45. The largest absolute Gasteiger partial charge is 0.497 e. The van der Waals surface area contributed by atoms with Crippen LogP contribution < -0.4 is 20.1 Å². The number of pyridine rings is 1. The minimum Gasteiger partial charge on any atom is -0.497 e. The molecular weight excluding hydrogens is 656 g/mol. The molecule has 4 heterocycles. The molecule has 0 spiro atoms. The van der Waals surface area contributed by atoms with Gasteiger partial charge < -0.3 is 34.9 Å². The van der Waals surface area contributed by atoms with Crippen molar-refractivity contribution in [3.8, 4) is 17.3 Å². The van der Waals surface area contributed by atoms with Gasteiger partial charge in [0.2, 0.25) is 11.8 Å². The van der Waals surface area contributed by atoms with Gasteiger partial charge in [-0.05, 0) is 71.1 Å². The van der Waals surface area contributed by atoms with E-state index in [9.17, 15) is 24.3 Å². The van der Waals surface area contributed by atoms with Gasteiger partial charge in [-0.3, -0.25) is 9.59 Å². The van der Waals surface area contributed by atoms with E-state index in [1.54, 1.807) is 57.0 Å². The number of benzene rings is 1. The Bertz CT molecular complexity index is 1850. The second-order valence-electron chi connectivity index (χ2n) is 14.6. The maximum Gasteiger partial charge on any atom is 0.408 e. The fourth-order valence-corrected chi connectivity index (χ4v) is 6.82. The van der Waals surface area contributed by atoms with Crippen LogP contribution in [0.5, 0.6) is 11.5 Å². The minimum absolute atomic E-state index is 0.0169. The monoisotopic (exact) mass is 702 g/mol. The van der Waals surface area contributed by atoms with Crippen molar-refractivity contribution < 1.29 is 38.5 Å². The van der Waals surface area contributed by atoms with Crippen LogP contribution in [0.3, 0.4) is 0 Å². The number of methoxy groups -OCH3 is 1.